The van der Waals surface area contributed by atoms with Gasteiger partial charge >= 0.3 is 5.97 Å². The molecule has 4 nitrogen and oxygen atoms in total. The van der Waals surface area contributed by atoms with Crippen LogP contribution in [0.4, 0.5) is 0 Å². The van der Waals surface area contributed by atoms with E-state index in [1.807, 2.05) is 13.8 Å². The predicted molar refractivity (Wildman–Crippen MR) is 84.9 cm³/mol. The molecule has 0 aliphatic carbocycles. The molecule has 0 aliphatic heterocycles. The molecular formula is C16H34N2O2. The Balaban J connectivity index is 5.10. The molecule has 0 heterocycles. The first kappa shape index (κ1) is 19.4. The Hall–Kier alpha value is -0.610. The van der Waals surface area contributed by atoms with Crippen LogP contribution < -0.4 is 5.32 Å². The monoisotopic (exact) mass is 286 g/mol. The van der Waals surface area contributed by atoms with Gasteiger partial charge in [0.1, 0.15) is 5.54 Å². The number of carbonyl (C=O) groups excluding carboxylic acids is 1. The molecule has 0 fully saturated rings. The molecule has 1 unspecified atom stereocenters. The normalized spacial score (nSPS) is 14.9. The zero-order valence-electron chi connectivity index (χ0n) is 14.5. The van der Waals surface area contributed by atoms with Gasteiger partial charge in [0.15, 0.2) is 0 Å². The average Bonchev–Trinajstić information content (AvgIpc) is 2.38. The van der Waals surface area contributed by atoms with Crippen LogP contribution in [-0.2, 0) is 9.53 Å². The Kier molecular flexibility index (Phi) is 9.06. The molecule has 1 N–H and O–H groups in total. The number of methoxy groups -OCH3 is 1. The molecule has 0 aliphatic rings. The molecule has 0 aromatic rings. The van der Waals surface area contributed by atoms with Crippen LogP contribution >= 0.6 is 0 Å². The van der Waals surface area contributed by atoms with E-state index in [0.29, 0.717) is 18.5 Å². The first-order chi connectivity index (χ1) is 9.34. The van der Waals surface area contributed by atoms with E-state index >= 15 is 0 Å². The fourth-order valence-corrected chi connectivity index (χ4v) is 2.83. The summed E-state index contributed by atoms with van der Waals surface area (Å²) in [5, 5.41) is 3.30. The second-order valence-corrected chi connectivity index (χ2v) is 6.15. The lowest BCUT2D eigenvalue weighted by atomic mass is 9.98. The zero-order chi connectivity index (χ0) is 15.8. The van der Waals surface area contributed by atoms with Crippen molar-refractivity contribution in [2.75, 3.05) is 26.7 Å². The summed E-state index contributed by atoms with van der Waals surface area (Å²) in [6.07, 6.45) is 2.21. The number of esters is 1. The number of ether oxygens (including phenoxy) is 1. The molecule has 0 amide bonds. The molecule has 0 rings (SSSR count). The van der Waals surface area contributed by atoms with E-state index in [2.05, 4.69) is 37.9 Å². The van der Waals surface area contributed by atoms with Crippen LogP contribution in [0.15, 0.2) is 0 Å². The topological polar surface area (TPSA) is 41.6 Å². The molecule has 0 bridgehead atoms. The third-order valence-electron chi connectivity index (χ3n) is 3.78. The molecule has 0 aromatic heterocycles. The van der Waals surface area contributed by atoms with Gasteiger partial charge in [0, 0.05) is 19.1 Å². The van der Waals surface area contributed by atoms with Gasteiger partial charge < -0.3 is 10.1 Å². The van der Waals surface area contributed by atoms with Crippen molar-refractivity contribution in [3.63, 3.8) is 0 Å². The van der Waals surface area contributed by atoms with Crippen LogP contribution in [0.25, 0.3) is 0 Å². The summed E-state index contributed by atoms with van der Waals surface area (Å²) < 4.78 is 4.99. The lowest BCUT2D eigenvalue weighted by molar-refractivity contribution is -0.149. The quantitative estimate of drug-likeness (QED) is 0.627. The minimum absolute atomic E-state index is 0.181. The van der Waals surface area contributed by atoms with Gasteiger partial charge in [-0.2, -0.15) is 0 Å². The van der Waals surface area contributed by atoms with Gasteiger partial charge in [-0.25, -0.2) is 0 Å². The Morgan fingerprint density at radius 1 is 1.25 bits per heavy atom. The van der Waals surface area contributed by atoms with E-state index in [4.69, 9.17) is 4.74 Å². The van der Waals surface area contributed by atoms with Crippen LogP contribution in [0.1, 0.15) is 54.4 Å². The SMILES string of the molecule is CCNC(C)(CN(CC(C)C)C(CC)CC)C(=O)OC. The first-order valence-electron chi connectivity index (χ1n) is 7.92. The zero-order valence-corrected chi connectivity index (χ0v) is 14.5. The van der Waals surface area contributed by atoms with Gasteiger partial charge in [0.2, 0.25) is 0 Å². The van der Waals surface area contributed by atoms with Crippen molar-refractivity contribution in [2.24, 2.45) is 5.92 Å². The smallest absolute Gasteiger partial charge is 0.327 e. The van der Waals surface area contributed by atoms with Crippen LogP contribution in [0.3, 0.4) is 0 Å². The lowest BCUT2D eigenvalue weighted by Gasteiger charge is -2.38. The minimum atomic E-state index is -0.638. The fourth-order valence-electron chi connectivity index (χ4n) is 2.83. The van der Waals surface area contributed by atoms with E-state index in [-0.39, 0.29) is 5.97 Å². The van der Waals surface area contributed by atoms with Crippen molar-refractivity contribution in [3.8, 4) is 0 Å². The number of likely N-dealkylation sites (N-methyl/N-ethyl adjacent to an activating group) is 1. The minimum Gasteiger partial charge on any atom is -0.468 e. The molecule has 120 valence electrons. The lowest BCUT2D eigenvalue weighted by Crippen LogP contribution is -2.59. The van der Waals surface area contributed by atoms with Crippen molar-refractivity contribution in [1.82, 2.24) is 10.2 Å². The molecule has 20 heavy (non-hydrogen) atoms. The maximum atomic E-state index is 12.1. The summed E-state index contributed by atoms with van der Waals surface area (Å²) >= 11 is 0. The van der Waals surface area contributed by atoms with Crippen LogP contribution in [0.2, 0.25) is 0 Å². The third-order valence-corrected chi connectivity index (χ3v) is 3.78. The fraction of sp³-hybridized carbons (Fsp3) is 0.938. The van der Waals surface area contributed by atoms with Gasteiger partial charge in [-0.1, -0.05) is 34.6 Å². The second kappa shape index (κ2) is 9.35. The summed E-state index contributed by atoms with van der Waals surface area (Å²) in [7, 11) is 1.46. The number of carbonyl (C=O) groups is 1. The molecular weight excluding hydrogens is 252 g/mol. The molecule has 0 radical (unpaired) electrons. The number of nitrogens with zero attached hydrogens (tertiary/aromatic N) is 1. The largest absolute Gasteiger partial charge is 0.468 e. The molecule has 4 heteroatoms. The van der Waals surface area contributed by atoms with Gasteiger partial charge in [-0.15, -0.1) is 0 Å². The predicted octanol–water partition coefficient (Wildman–Crippen LogP) is 2.67. The standard InChI is InChI=1S/C16H34N2O2/c1-8-14(9-2)18(11-13(4)5)12-16(6,17-10-3)15(19)20-7/h13-14,17H,8-12H2,1-7H3. The van der Waals surface area contributed by atoms with Crippen molar-refractivity contribution in [2.45, 2.75) is 66.0 Å². The summed E-state index contributed by atoms with van der Waals surface area (Å²) in [6.45, 7) is 15.3. The van der Waals surface area contributed by atoms with E-state index in [0.717, 1.165) is 25.9 Å². The van der Waals surface area contributed by atoms with Gasteiger partial charge in [0.05, 0.1) is 7.11 Å². The van der Waals surface area contributed by atoms with Crippen molar-refractivity contribution in [3.05, 3.63) is 0 Å². The molecule has 0 saturated carbocycles. The molecule has 0 spiro atoms. The van der Waals surface area contributed by atoms with Crippen molar-refractivity contribution in [1.29, 1.82) is 0 Å². The molecule has 0 aromatic carbocycles. The van der Waals surface area contributed by atoms with E-state index in [1.165, 1.54) is 7.11 Å². The molecule has 1 atom stereocenters. The number of hydrogen-bond acceptors (Lipinski definition) is 4. The Morgan fingerprint density at radius 3 is 2.15 bits per heavy atom. The van der Waals surface area contributed by atoms with Crippen LogP contribution in [0, 0.1) is 5.92 Å². The van der Waals surface area contributed by atoms with Crippen molar-refractivity contribution < 1.29 is 9.53 Å². The highest BCUT2D eigenvalue weighted by Gasteiger charge is 2.36. The van der Waals surface area contributed by atoms with E-state index < -0.39 is 5.54 Å². The Bertz CT molecular complexity index is 278. The maximum Gasteiger partial charge on any atom is 0.327 e. The highest BCUT2D eigenvalue weighted by Crippen LogP contribution is 2.17. The highest BCUT2D eigenvalue weighted by atomic mass is 16.5. The van der Waals surface area contributed by atoms with Gasteiger partial charge in [0.25, 0.3) is 0 Å². The maximum absolute atomic E-state index is 12.1. The Morgan fingerprint density at radius 2 is 1.80 bits per heavy atom. The third kappa shape index (κ3) is 5.80. The molecule has 0 saturated heterocycles. The summed E-state index contributed by atoms with van der Waals surface area (Å²) in [5.74, 6) is 0.401. The summed E-state index contributed by atoms with van der Waals surface area (Å²) in [5.41, 5.74) is -0.638. The van der Waals surface area contributed by atoms with Crippen LogP contribution in [0.5, 0.6) is 0 Å². The van der Waals surface area contributed by atoms with Gasteiger partial charge in [-0.3, -0.25) is 9.69 Å². The number of rotatable bonds is 10. The average molecular weight is 286 g/mol. The van der Waals surface area contributed by atoms with Gasteiger partial charge in [-0.05, 0) is 32.2 Å². The first-order valence-corrected chi connectivity index (χ1v) is 7.92. The highest BCUT2D eigenvalue weighted by molar-refractivity contribution is 5.80. The number of nitrogens with one attached hydrogen (secondary N) is 1. The summed E-state index contributed by atoms with van der Waals surface area (Å²) in [4.78, 5) is 14.6. The second-order valence-electron chi connectivity index (χ2n) is 6.15. The number of hydrogen-bond donors (Lipinski definition) is 1. The van der Waals surface area contributed by atoms with Crippen molar-refractivity contribution >= 4 is 5.97 Å². The summed E-state index contributed by atoms with van der Waals surface area (Å²) in [6, 6.07) is 0.514. The Labute approximate surface area is 125 Å². The van der Waals surface area contributed by atoms with E-state index in [9.17, 15) is 4.79 Å². The van der Waals surface area contributed by atoms with E-state index in [1.54, 1.807) is 0 Å². The van der Waals surface area contributed by atoms with Crippen LogP contribution in [-0.4, -0.2) is 49.2 Å².